The van der Waals surface area contributed by atoms with Gasteiger partial charge in [-0.25, -0.2) is 0 Å². The first-order valence-electron chi connectivity index (χ1n) is 6.91. The van der Waals surface area contributed by atoms with Crippen LogP contribution in [-0.4, -0.2) is 35.1 Å². The maximum absolute atomic E-state index is 3.74. The Labute approximate surface area is 101 Å². The van der Waals surface area contributed by atoms with Crippen molar-refractivity contribution in [3.63, 3.8) is 0 Å². The summed E-state index contributed by atoms with van der Waals surface area (Å²) in [6, 6.07) is 0.715. The summed E-state index contributed by atoms with van der Waals surface area (Å²) in [5.74, 6) is 0.935. The maximum Gasteiger partial charge on any atom is 0.0337 e. The highest BCUT2D eigenvalue weighted by atomic mass is 15.3. The zero-order chi connectivity index (χ0) is 12.0. The average molecular weight is 224 g/mol. The molecule has 0 aromatic rings. The van der Waals surface area contributed by atoms with Gasteiger partial charge in [-0.3, -0.25) is 4.90 Å². The molecule has 2 unspecified atom stereocenters. The van der Waals surface area contributed by atoms with E-state index in [0.29, 0.717) is 11.6 Å². The molecule has 1 saturated carbocycles. The summed E-state index contributed by atoms with van der Waals surface area (Å²) < 4.78 is 0. The van der Waals surface area contributed by atoms with Crippen LogP contribution in [0.4, 0.5) is 0 Å². The lowest BCUT2D eigenvalue weighted by Crippen LogP contribution is -2.69. The Kier molecular flexibility index (Phi) is 3.09. The molecule has 2 aliphatic rings. The molecule has 2 fully saturated rings. The van der Waals surface area contributed by atoms with Crippen LogP contribution in [-0.2, 0) is 0 Å². The molecule has 0 aromatic heterocycles. The Bertz CT molecular complexity index is 257. The molecule has 2 heteroatoms. The Hall–Kier alpha value is -0.0800. The Balaban J connectivity index is 2.17. The van der Waals surface area contributed by atoms with Gasteiger partial charge in [0.2, 0.25) is 0 Å². The minimum atomic E-state index is 0.276. The number of nitrogens with one attached hydrogen (secondary N) is 1. The fourth-order valence-corrected chi connectivity index (χ4v) is 3.15. The van der Waals surface area contributed by atoms with Crippen molar-refractivity contribution in [2.75, 3.05) is 13.1 Å². The second-order valence-corrected chi connectivity index (χ2v) is 6.75. The Morgan fingerprint density at radius 3 is 2.44 bits per heavy atom. The van der Waals surface area contributed by atoms with Gasteiger partial charge in [-0.2, -0.15) is 0 Å². The van der Waals surface area contributed by atoms with Crippen molar-refractivity contribution in [2.45, 2.75) is 71.0 Å². The molecule has 0 spiro atoms. The molecule has 1 saturated heterocycles. The van der Waals surface area contributed by atoms with Crippen LogP contribution < -0.4 is 5.32 Å². The maximum atomic E-state index is 3.74. The molecule has 1 heterocycles. The number of hydrogen-bond donors (Lipinski definition) is 1. The largest absolute Gasteiger partial charge is 0.309 e. The van der Waals surface area contributed by atoms with Gasteiger partial charge in [0.05, 0.1) is 0 Å². The molecule has 1 N–H and O–H groups in total. The first kappa shape index (κ1) is 12.4. The molecule has 1 aliphatic carbocycles. The first-order valence-corrected chi connectivity index (χ1v) is 6.91. The van der Waals surface area contributed by atoms with Gasteiger partial charge >= 0.3 is 0 Å². The minimum absolute atomic E-state index is 0.276. The average Bonchev–Trinajstić information content (AvgIpc) is 3.04. The monoisotopic (exact) mass is 224 g/mol. The fraction of sp³-hybridized carbons (Fsp3) is 1.00. The van der Waals surface area contributed by atoms with Gasteiger partial charge in [0.15, 0.2) is 0 Å². The number of piperazine rings is 1. The van der Waals surface area contributed by atoms with Gasteiger partial charge < -0.3 is 5.32 Å². The summed E-state index contributed by atoms with van der Waals surface area (Å²) in [7, 11) is 0. The number of hydrogen-bond acceptors (Lipinski definition) is 2. The smallest absolute Gasteiger partial charge is 0.0337 e. The molecule has 0 radical (unpaired) electrons. The highest BCUT2D eigenvalue weighted by Crippen LogP contribution is 2.45. The molecular weight excluding hydrogens is 196 g/mol. The van der Waals surface area contributed by atoms with Crippen LogP contribution in [0.3, 0.4) is 0 Å². The second kappa shape index (κ2) is 3.99. The van der Waals surface area contributed by atoms with E-state index >= 15 is 0 Å². The van der Waals surface area contributed by atoms with Crippen molar-refractivity contribution in [2.24, 2.45) is 5.92 Å². The summed E-state index contributed by atoms with van der Waals surface area (Å²) >= 11 is 0. The topological polar surface area (TPSA) is 15.3 Å². The van der Waals surface area contributed by atoms with Crippen LogP contribution in [0, 0.1) is 5.92 Å². The van der Waals surface area contributed by atoms with E-state index in [2.05, 4.69) is 44.8 Å². The van der Waals surface area contributed by atoms with E-state index in [1.54, 1.807) is 0 Å². The molecular formula is C14H28N2. The van der Waals surface area contributed by atoms with Gasteiger partial charge in [0, 0.05) is 30.2 Å². The molecule has 2 atom stereocenters. The molecule has 16 heavy (non-hydrogen) atoms. The standard InChI is InChI=1S/C14H28N2/c1-6-11(2)16-10-13(3,4)15-9-14(16,5)12-7-8-12/h11-12,15H,6-10H2,1-5H3. The van der Waals surface area contributed by atoms with Crippen LogP contribution in [0.5, 0.6) is 0 Å². The van der Waals surface area contributed by atoms with E-state index < -0.39 is 0 Å². The highest BCUT2D eigenvalue weighted by Gasteiger charge is 2.50. The number of nitrogens with zero attached hydrogens (tertiary/aromatic N) is 1. The van der Waals surface area contributed by atoms with Crippen LogP contribution in [0.2, 0.25) is 0 Å². The van der Waals surface area contributed by atoms with E-state index in [4.69, 9.17) is 0 Å². The molecule has 2 nitrogen and oxygen atoms in total. The van der Waals surface area contributed by atoms with Crippen molar-refractivity contribution < 1.29 is 0 Å². The van der Waals surface area contributed by atoms with E-state index in [0.717, 1.165) is 12.5 Å². The van der Waals surface area contributed by atoms with Gasteiger partial charge in [0.25, 0.3) is 0 Å². The SMILES string of the molecule is CCC(C)N1CC(C)(C)NCC1(C)C1CC1. The van der Waals surface area contributed by atoms with E-state index in [1.807, 2.05) is 0 Å². The Morgan fingerprint density at radius 1 is 1.31 bits per heavy atom. The summed E-state index contributed by atoms with van der Waals surface area (Å²) in [6.45, 7) is 14.2. The molecule has 94 valence electrons. The Morgan fingerprint density at radius 2 is 1.94 bits per heavy atom. The van der Waals surface area contributed by atoms with Crippen LogP contribution >= 0.6 is 0 Å². The fourth-order valence-electron chi connectivity index (χ4n) is 3.15. The second-order valence-electron chi connectivity index (χ2n) is 6.75. The van der Waals surface area contributed by atoms with E-state index in [-0.39, 0.29) is 5.54 Å². The molecule has 2 rings (SSSR count). The van der Waals surface area contributed by atoms with Crippen LogP contribution in [0.25, 0.3) is 0 Å². The third-order valence-corrected chi connectivity index (χ3v) is 4.73. The van der Waals surface area contributed by atoms with Crippen LogP contribution in [0.1, 0.15) is 53.9 Å². The molecule has 1 aliphatic heterocycles. The van der Waals surface area contributed by atoms with Crippen molar-refractivity contribution in [3.8, 4) is 0 Å². The van der Waals surface area contributed by atoms with Crippen molar-refractivity contribution in [1.82, 2.24) is 10.2 Å². The van der Waals surface area contributed by atoms with E-state index in [9.17, 15) is 0 Å². The van der Waals surface area contributed by atoms with Gasteiger partial charge in [-0.15, -0.1) is 0 Å². The summed E-state index contributed by atoms with van der Waals surface area (Å²) in [5.41, 5.74) is 0.683. The third-order valence-electron chi connectivity index (χ3n) is 4.73. The number of rotatable bonds is 3. The highest BCUT2D eigenvalue weighted by molar-refractivity contribution is 5.08. The quantitative estimate of drug-likeness (QED) is 0.793. The lowest BCUT2D eigenvalue weighted by Gasteiger charge is -2.54. The zero-order valence-electron chi connectivity index (χ0n) is 11.6. The van der Waals surface area contributed by atoms with Gasteiger partial charge in [-0.05, 0) is 52.9 Å². The third kappa shape index (κ3) is 2.14. The lowest BCUT2D eigenvalue weighted by atomic mass is 9.84. The van der Waals surface area contributed by atoms with Crippen molar-refractivity contribution in [1.29, 1.82) is 0 Å². The van der Waals surface area contributed by atoms with Crippen molar-refractivity contribution in [3.05, 3.63) is 0 Å². The van der Waals surface area contributed by atoms with Gasteiger partial charge in [0.1, 0.15) is 0 Å². The minimum Gasteiger partial charge on any atom is -0.309 e. The molecule has 0 aromatic carbocycles. The summed E-state index contributed by atoms with van der Waals surface area (Å²) in [4.78, 5) is 2.78. The predicted molar refractivity (Wildman–Crippen MR) is 69.7 cm³/mol. The first-order chi connectivity index (χ1) is 7.39. The predicted octanol–water partition coefficient (Wildman–Crippen LogP) is 2.64. The molecule has 0 amide bonds. The molecule has 0 bridgehead atoms. The van der Waals surface area contributed by atoms with Crippen molar-refractivity contribution >= 4 is 0 Å². The summed E-state index contributed by atoms with van der Waals surface area (Å²) in [6.07, 6.45) is 4.13. The van der Waals surface area contributed by atoms with E-state index in [1.165, 1.54) is 25.8 Å². The zero-order valence-corrected chi connectivity index (χ0v) is 11.6. The van der Waals surface area contributed by atoms with Crippen LogP contribution in [0.15, 0.2) is 0 Å². The lowest BCUT2D eigenvalue weighted by molar-refractivity contribution is -0.0175. The summed E-state index contributed by atoms with van der Waals surface area (Å²) in [5, 5.41) is 3.74. The van der Waals surface area contributed by atoms with Gasteiger partial charge in [-0.1, -0.05) is 6.92 Å². The normalized spacial score (nSPS) is 37.3.